The highest BCUT2D eigenvalue weighted by Gasteiger charge is 2.10. The Balaban J connectivity index is 1.96. The van der Waals surface area contributed by atoms with Gasteiger partial charge in [-0.25, -0.2) is 9.49 Å². The number of hydrogen-bond acceptors (Lipinski definition) is 4. The number of carbonyl (C=O) groups is 2. The topological polar surface area (TPSA) is 104 Å². The van der Waals surface area contributed by atoms with Crippen molar-refractivity contribution in [2.24, 2.45) is 0 Å². The Morgan fingerprint density at radius 3 is 2.25 bits per heavy atom. The van der Waals surface area contributed by atoms with Crippen molar-refractivity contribution in [1.82, 2.24) is 21.0 Å². The molecule has 20 heavy (non-hydrogen) atoms. The van der Waals surface area contributed by atoms with Crippen molar-refractivity contribution in [3.63, 3.8) is 0 Å². The number of nitrogens with one attached hydrogen (secondary N) is 3. The van der Waals surface area contributed by atoms with Crippen LogP contribution in [0.15, 0.2) is 41.2 Å². The van der Waals surface area contributed by atoms with Crippen LogP contribution < -0.4 is 16.4 Å². The smallest absolute Gasteiger partial charge is 0.268 e. The molecule has 0 unspecified atom stereocenters. The van der Waals surface area contributed by atoms with E-state index >= 15 is 0 Å². The molecule has 2 amide bonds. The Bertz CT molecular complexity index is 676. The molecule has 0 fully saturated rings. The third-order valence-electron chi connectivity index (χ3n) is 2.31. The van der Waals surface area contributed by atoms with Crippen LogP contribution in [0.2, 0.25) is 0 Å². The lowest BCUT2D eigenvalue weighted by Crippen LogP contribution is -2.42. The van der Waals surface area contributed by atoms with Crippen LogP contribution in [0, 0.1) is 5.82 Å². The maximum absolute atomic E-state index is 12.7. The Hall–Kier alpha value is -3.03. The SMILES string of the molecule is O=C(NNC(=O)c1ccc(=O)[nH]n1)c1ccc(F)cc1. The van der Waals surface area contributed by atoms with Crippen LogP contribution in [0.1, 0.15) is 20.8 Å². The molecule has 8 heteroatoms. The highest BCUT2D eigenvalue weighted by molar-refractivity contribution is 5.98. The largest absolute Gasteiger partial charge is 0.290 e. The molecule has 2 aromatic rings. The molecule has 2 rings (SSSR count). The normalized spacial score (nSPS) is 9.85. The van der Waals surface area contributed by atoms with Gasteiger partial charge >= 0.3 is 0 Å². The second-order valence-electron chi connectivity index (χ2n) is 3.72. The molecule has 0 bridgehead atoms. The number of carbonyl (C=O) groups excluding carboxylic acids is 2. The molecule has 1 aromatic carbocycles. The van der Waals surface area contributed by atoms with Gasteiger partial charge in [-0.2, -0.15) is 5.10 Å². The lowest BCUT2D eigenvalue weighted by molar-refractivity contribution is 0.0843. The van der Waals surface area contributed by atoms with Gasteiger partial charge in [-0.1, -0.05) is 0 Å². The summed E-state index contributed by atoms with van der Waals surface area (Å²) >= 11 is 0. The Morgan fingerprint density at radius 2 is 1.65 bits per heavy atom. The molecule has 1 heterocycles. The number of halogens is 1. The van der Waals surface area contributed by atoms with Crippen molar-refractivity contribution in [3.05, 3.63) is 63.8 Å². The Labute approximate surface area is 111 Å². The summed E-state index contributed by atoms with van der Waals surface area (Å²) in [5.41, 5.74) is 3.92. The lowest BCUT2D eigenvalue weighted by atomic mass is 10.2. The summed E-state index contributed by atoms with van der Waals surface area (Å²) in [4.78, 5) is 34.0. The van der Waals surface area contributed by atoms with Gasteiger partial charge in [0.2, 0.25) is 0 Å². The van der Waals surface area contributed by atoms with E-state index in [-0.39, 0.29) is 11.3 Å². The second-order valence-corrected chi connectivity index (χ2v) is 3.72. The number of hydrogen-bond donors (Lipinski definition) is 3. The Morgan fingerprint density at radius 1 is 1.00 bits per heavy atom. The zero-order valence-corrected chi connectivity index (χ0v) is 10.0. The molecule has 0 spiro atoms. The maximum Gasteiger partial charge on any atom is 0.290 e. The molecule has 3 N–H and O–H groups in total. The van der Waals surface area contributed by atoms with Crippen LogP contribution in [0.4, 0.5) is 4.39 Å². The van der Waals surface area contributed by atoms with E-state index in [9.17, 15) is 18.8 Å². The van der Waals surface area contributed by atoms with Gasteiger partial charge in [-0.3, -0.25) is 25.2 Å². The number of nitrogens with zero attached hydrogens (tertiary/aromatic N) is 1. The van der Waals surface area contributed by atoms with E-state index < -0.39 is 23.2 Å². The molecule has 0 aliphatic heterocycles. The zero-order chi connectivity index (χ0) is 14.5. The van der Waals surface area contributed by atoms with Crippen LogP contribution >= 0.6 is 0 Å². The average molecular weight is 276 g/mol. The van der Waals surface area contributed by atoms with E-state index in [0.717, 1.165) is 18.2 Å². The summed E-state index contributed by atoms with van der Waals surface area (Å²) in [6.07, 6.45) is 0. The fraction of sp³-hybridized carbons (Fsp3) is 0. The zero-order valence-electron chi connectivity index (χ0n) is 10.0. The van der Waals surface area contributed by atoms with Gasteiger partial charge in [0.05, 0.1) is 0 Å². The van der Waals surface area contributed by atoms with Crippen LogP contribution in [0.25, 0.3) is 0 Å². The molecular formula is C12H9FN4O3. The number of H-pyrrole nitrogens is 1. The number of benzene rings is 1. The molecule has 0 radical (unpaired) electrons. The highest BCUT2D eigenvalue weighted by Crippen LogP contribution is 2.01. The monoisotopic (exact) mass is 276 g/mol. The van der Waals surface area contributed by atoms with Crippen LogP contribution in [-0.4, -0.2) is 22.0 Å². The van der Waals surface area contributed by atoms with Crippen molar-refractivity contribution in [1.29, 1.82) is 0 Å². The lowest BCUT2D eigenvalue weighted by Gasteiger charge is -2.06. The number of hydrazine groups is 1. The molecule has 0 saturated carbocycles. The van der Waals surface area contributed by atoms with Gasteiger partial charge in [-0.05, 0) is 30.3 Å². The quantitative estimate of drug-likeness (QED) is 0.671. The summed E-state index contributed by atoms with van der Waals surface area (Å²) in [6, 6.07) is 7.13. The fourth-order valence-corrected chi connectivity index (χ4v) is 1.32. The highest BCUT2D eigenvalue weighted by atomic mass is 19.1. The first kappa shape index (κ1) is 13.4. The number of amides is 2. The van der Waals surface area contributed by atoms with Gasteiger partial charge < -0.3 is 0 Å². The average Bonchev–Trinajstić information content (AvgIpc) is 2.46. The number of aromatic nitrogens is 2. The predicted molar refractivity (Wildman–Crippen MR) is 66.2 cm³/mol. The minimum absolute atomic E-state index is 0.0657. The molecule has 102 valence electrons. The van der Waals surface area contributed by atoms with Crippen molar-refractivity contribution < 1.29 is 14.0 Å². The van der Waals surface area contributed by atoms with E-state index in [1.54, 1.807) is 0 Å². The van der Waals surface area contributed by atoms with E-state index in [2.05, 4.69) is 21.0 Å². The molecule has 1 aromatic heterocycles. The van der Waals surface area contributed by atoms with Gasteiger partial charge in [0.1, 0.15) is 5.82 Å². The fourth-order valence-electron chi connectivity index (χ4n) is 1.32. The van der Waals surface area contributed by atoms with Crippen molar-refractivity contribution in [3.8, 4) is 0 Å². The van der Waals surface area contributed by atoms with Gasteiger partial charge in [0, 0.05) is 11.6 Å². The summed E-state index contributed by atoms with van der Waals surface area (Å²) < 4.78 is 12.7. The summed E-state index contributed by atoms with van der Waals surface area (Å²) in [7, 11) is 0. The summed E-state index contributed by atoms with van der Waals surface area (Å²) in [6.45, 7) is 0. The number of aromatic amines is 1. The standard InChI is InChI=1S/C12H9FN4O3/c13-8-3-1-7(2-4-8)11(19)16-17-12(20)9-5-6-10(18)15-14-9/h1-6H,(H,15,18)(H,16,19)(H,17,20). The van der Waals surface area contributed by atoms with E-state index in [1.807, 2.05) is 0 Å². The van der Waals surface area contributed by atoms with Crippen molar-refractivity contribution in [2.45, 2.75) is 0 Å². The van der Waals surface area contributed by atoms with Crippen LogP contribution in [0.3, 0.4) is 0 Å². The van der Waals surface area contributed by atoms with Crippen molar-refractivity contribution in [2.75, 3.05) is 0 Å². The Kier molecular flexibility index (Phi) is 3.85. The van der Waals surface area contributed by atoms with Gasteiger partial charge in [0.25, 0.3) is 17.4 Å². The molecule has 7 nitrogen and oxygen atoms in total. The minimum Gasteiger partial charge on any atom is -0.268 e. The first-order chi connectivity index (χ1) is 9.56. The number of rotatable bonds is 2. The molecule has 0 saturated heterocycles. The van der Waals surface area contributed by atoms with E-state index in [1.165, 1.54) is 18.2 Å². The van der Waals surface area contributed by atoms with E-state index in [0.29, 0.717) is 0 Å². The van der Waals surface area contributed by atoms with Gasteiger partial charge in [0.15, 0.2) is 5.69 Å². The first-order valence-corrected chi connectivity index (χ1v) is 5.48. The second kappa shape index (κ2) is 5.74. The van der Waals surface area contributed by atoms with Crippen LogP contribution in [-0.2, 0) is 0 Å². The first-order valence-electron chi connectivity index (χ1n) is 5.48. The third-order valence-corrected chi connectivity index (χ3v) is 2.31. The summed E-state index contributed by atoms with van der Waals surface area (Å²) in [5.74, 6) is -1.78. The van der Waals surface area contributed by atoms with E-state index in [4.69, 9.17) is 0 Å². The summed E-state index contributed by atoms with van der Waals surface area (Å²) in [5, 5.41) is 5.58. The van der Waals surface area contributed by atoms with Crippen LogP contribution in [0.5, 0.6) is 0 Å². The minimum atomic E-state index is -0.697. The van der Waals surface area contributed by atoms with Gasteiger partial charge in [-0.15, -0.1) is 0 Å². The molecule has 0 aliphatic carbocycles. The molecular weight excluding hydrogens is 267 g/mol. The molecule has 0 aliphatic rings. The third kappa shape index (κ3) is 3.25. The molecule has 0 atom stereocenters. The predicted octanol–water partition coefficient (Wildman–Crippen LogP) is -0.0162. The van der Waals surface area contributed by atoms with Crippen molar-refractivity contribution >= 4 is 11.8 Å². The maximum atomic E-state index is 12.7.